The second-order valence-electron chi connectivity index (χ2n) is 6.25. The molecule has 0 radical (unpaired) electrons. The van der Waals surface area contributed by atoms with Crippen molar-refractivity contribution in [1.29, 1.82) is 0 Å². The Hall–Kier alpha value is -3.29. The molecular weight excluding hydrogens is 348 g/mol. The molecular formula is C19H22N4O4. The smallest absolute Gasteiger partial charge is 0.269 e. The molecule has 0 aliphatic carbocycles. The number of amides is 2. The highest BCUT2D eigenvalue weighted by atomic mass is 16.5. The molecule has 1 aliphatic rings. The average molecular weight is 370 g/mol. The van der Waals surface area contributed by atoms with E-state index in [1.807, 2.05) is 19.9 Å². The summed E-state index contributed by atoms with van der Waals surface area (Å²) in [5, 5.41) is 2.79. The van der Waals surface area contributed by atoms with Gasteiger partial charge < -0.3 is 20.5 Å². The van der Waals surface area contributed by atoms with Gasteiger partial charge in [-0.25, -0.2) is 4.98 Å². The van der Waals surface area contributed by atoms with Gasteiger partial charge in [-0.05, 0) is 43.2 Å². The van der Waals surface area contributed by atoms with Gasteiger partial charge in [0.15, 0.2) is 17.7 Å². The number of rotatable bonds is 5. The number of hydrogen-bond donors (Lipinski definition) is 2. The van der Waals surface area contributed by atoms with Gasteiger partial charge in [-0.3, -0.25) is 14.5 Å². The van der Waals surface area contributed by atoms with Gasteiger partial charge in [-0.15, -0.1) is 0 Å². The second kappa shape index (κ2) is 7.53. The van der Waals surface area contributed by atoms with Gasteiger partial charge in [0, 0.05) is 0 Å². The highest BCUT2D eigenvalue weighted by Crippen LogP contribution is 2.34. The van der Waals surface area contributed by atoms with E-state index < -0.39 is 6.10 Å². The first kappa shape index (κ1) is 18.5. The van der Waals surface area contributed by atoms with Crippen molar-refractivity contribution in [3.05, 3.63) is 35.9 Å². The zero-order chi connectivity index (χ0) is 19.6. The van der Waals surface area contributed by atoms with Gasteiger partial charge in [0.1, 0.15) is 18.1 Å². The molecule has 8 heteroatoms. The zero-order valence-corrected chi connectivity index (χ0v) is 15.5. The summed E-state index contributed by atoms with van der Waals surface area (Å²) in [6.07, 6.45) is -0.184. The molecule has 1 atom stereocenters. The summed E-state index contributed by atoms with van der Waals surface area (Å²) < 4.78 is 10.9. The highest BCUT2D eigenvalue weighted by Gasteiger charge is 2.35. The Balaban J connectivity index is 1.85. The first-order valence-corrected chi connectivity index (χ1v) is 8.62. The van der Waals surface area contributed by atoms with Gasteiger partial charge in [0.05, 0.1) is 12.8 Å². The summed E-state index contributed by atoms with van der Waals surface area (Å²) in [6.45, 7) is 3.54. The van der Waals surface area contributed by atoms with Gasteiger partial charge in [-0.1, -0.05) is 13.0 Å². The minimum absolute atomic E-state index is 0.209. The molecule has 1 aromatic heterocycles. The molecule has 1 aliphatic heterocycles. The third-order valence-corrected chi connectivity index (χ3v) is 4.23. The monoisotopic (exact) mass is 370 g/mol. The molecule has 27 heavy (non-hydrogen) atoms. The minimum atomic E-state index is -0.663. The van der Waals surface area contributed by atoms with E-state index in [-0.39, 0.29) is 30.0 Å². The SMILES string of the molecule is CCC1Oc2ccc(N)nc2N(CC(=O)Nc2cc(C)ccc2OC)C1=O. The van der Waals surface area contributed by atoms with Crippen LogP contribution in [-0.2, 0) is 9.59 Å². The first-order chi connectivity index (χ1) is 12.9. The van der Waals surface area contributed by atoms with Crippen molar-refractivity contribution in [3.63, 3.8) is 0 Å². The maximum absolute atomic E-state index is 12.7. The number of anilines is 3. The van der Waals surface area contributed by atoms with Crippen LogP contribution >= 0.6 is 0 Å². The van der Waals surface area contributed by atoms with Crippen molar-refractivity contribution in [3.8, 4) is 11.5 Å². The number of carbonyl (C=O) groups is 2. The summed E-state index contributed by atoms with van der Waals surface area (Å²) in [5.41, 5.74) is 7.25. The fraction of sp³-hybridized carbons (Fsp3) is 0.316. The quantitative estimate of drug-likeness (QED) is 0.835. The molecule has 1 aromatic carbocycles. The maximum atomic E-state index is 12.7. The molecule has 3 N–H and O–H groups in total. The average Bonchev–Trinajstić information content (AvgIpc) is 2.64. The van der Waals surface area contributed by atoms with E-state index in [1.165, 1.54) is 12.0 Å². The van der Waals surface area contributed by atoms with Crippen LogP contribution in [0.4, 0.5) is 17.3 Å². The molecule has 0 saturated heterocycles. The molecule has 142 valence electrons. The lowest BCUT2D eigenvalue weighted by Gasteiger charge is -2.32. The van der Waals surface area contributed by atoms with E-state index in [4.69, 9.17) is 15.2 Å². The fourth-order valence-electron chi connectivity index (χ4n) is 2.88. The summed E-state index contributed by atoms with van der Waals surface area (Å²) in [5.74, 6) is 0.753. The number of aromatic nitrogens is 1. The van der Waals surface area contributed by atoms with Gasteiger partial charge in [0.2, 0.25) is 5.91 Å². The summed E-state index contributed by atoms with van der Waals surface area (Å²) in [4.78, 5) is 30.8. The third-order valence-electron chi connectivity index (χ3n) is 4.23. The second-order valence-corrected chi connectivity index (χ2v) is 6.25. The Labute approximate surface area is 157 Å². The number of hydrogen-bond acceptors (Lipinski definition) is 6. The Kier molecular flexibility index (Phi) is 5.16. The standard InChI is InChI=1S/C19H22N4O4/c1-4-13-19(25)23(18-15(27-13)7-8-16(20)22-18)10-17(24)21-12-9-11(2)5-6-14(12)26-3/h5-9,13H,4,10H2,1-3H3,(H2,20,22)(H,21,24). The predicted octanol–water partition coefficient (Wildman–Crippen LogP) is 2.12. The number of aryl methyl sites for hydroxylation is 1. The maximum Gasteiger partial charge on any atom is 0.269 e. The lowest BCUT2D eigenvalue weighted by Crippen LogP contribution is -2.49. The highest BCUT2D eigenvalue weighted by molar-refractivity contribution is 6.06. The van der Waals surface area contributed by atoms with E-state index in [1.54, 1.807) is 24.3 Å². The normalized spacial score (nSPS) is 15.7. The molecule has 0 bridgehead atoms. The summed E-state index contributed by atoms with van der Waals surface area (Å²) >= 11 is 0. The molecule has 8 nitrogen and oxygen atoms in total. The fourth-order valence-corrected chi connectivity index (χ4v) is 2.88. The molecule has 2 aromatic rings. The largest absolute Gasteiger partial charge is 0.495 e. The van der Waals surface area contributed by atoms with Crippen molar-refractivity contribution in [2.75, 3.05) is 29.6 Å². The molecule has 1 unspecified atom stereocenters. The molecule has 2 amide bonds. The van der Waals surface area contributed by atoms with Crippen LogP contribution in [0.15, 0.2) is 30.3 Å². The number of fused-ring (bicyclic) bond motifs is 1. The van der Waals surface area contributed by atoms with Crippen LogP contribution in [0.25, 0.3) is 0 Å². The predicted molar refractivity (Wildman–Crippen MR) is 102 cm³/mol. The van der Waals surface area contributed by atoms with Crippen molar-refractivity contribution in [2.24, 2.45) is 0 Å². The van der Waals surface area contributed by atoms with E-state index in [0.29, 0.717) is 23.6 Å². The topological polar surface area (TPSA) is 107 Å². The number of carbonyl (C=O) groups excluding carboxylic acids is 2. The number of nitrogens with one attached hydrogen (secondary N) is 1. The van der Waals surface area contributed by atoms with Crippen LogP contribution in [0, 0.1) is 6.92 Å². The van der Waals surface area contributed by atoms with Crippen molar-refractivity contribution < 1.29 is 19.1 Å². The van der Waals surface area contributed by atoms with Crippen LogP contribution in [0.1, 0.15) is 18.9 Å². The number of pyridine rings is 1. The van der Waals surface area contributed by atoms with Crippen molar-refractivity contribution in [2.45, 2.75) is 26.4 Å². The zero-order valence-electron chi connectivity index (χ0n) is 15.5. The number of nitrogens with two attached hydrogens (primary N) is 1. The van der Waals surface area contributed by atoms with E-state index in [0.717, 1.165) is 5.56 Å². The van der Waals surface area contributed by atoms with E-state index in [9.17, 15) is 9.59 Å². The molecule has 2 heterocycles. The summed E-state index contributed by atoms with van der Waals surface area (Å²) in [6, 6.07) is 8.71. The van der Waals surface area contributed by atoms with Crippen molar-refractivity contribution in [1.82, 2.24) is 4.98 Å². The summed E-state index contributed by atoms with van der Waals surface area (Å²) in [7, 11) is 1.53. The lowest BCUT2D eigenvalue weighted by atomic mass is 10.2. The number of methoxy groups -OCH3 is 1. The van der Waals surface area contributed by atoms with Crippen LogP contribution in [0.3, 0.4) is 0 Å². The molecule has 3 rings (SSSR count). The van der Waals surface area contributed by atoms with Gasteiger partial charge in [-0.2, -0.15) is 0 Å². The number of ether oxygens (including phenoxy) is 2. The van der Waals surface area contributed by atoms with Crippen LogP contribution < -0.4 is 25.4 Å². The Morgan fingerprint density at radius 3 is 2.85 bits per heavy atom. The third kappa shape index (κ3) is 3.79. The van der Waals surface area contributed by atoms with Crippen LogP contribution in [0.5, 0.6) is 11.5 Å². The van der Waals surface area contributed by atoms with E-state index in [2.05, 4.69) is 10.3 Å². The van der Waals surface area contributed by atoms with Crippen LogP contribution in [-0.4, -0.2) is 36.6 Å². The van der Waals surface area contributed by atoms with Gasteiger partial charge in [0.25, 0.3) is 5.91 Å². The molecule has 0 spiro atoms. The minimum Gasteiger partial charge on any atom is -0.495 e. The van der Waals surface area contributed by atoms with E-state index >= 15 is 0 Å². The number of benzene rings is 1. The Morgan fingerprint density at radius 2 is 2.15 bits per heavy atom. The Bertz CT molecular complexity index is 884. The number of nitrogens with zero attached hydrogens (tertiary/aromatic N) is 2. The van der Waals surface area contributed by atoms with Crippen LogP contribution in [0.2, 0.25) is 0 Å². The molecule has 0 saturated carbocycles. The lowest BCUT2D eigenvalue weighted by molar-refractivity contribution is -0.128. The van der Waals surface area contributed by atoms with Crippen molar-refractivity contribution >= 4 is 29.1 Å². The number of nitrogen functional groups attached to an aromatic ring is 1. The van der Waals surface area contributed by atoms with Gasteiger partial charge >= 0.3 is 0 Å². The Morgan fingerprint density at radius 1 is 1.37 bits per heavy atom. The first-order valence-electron chi connectivity index (χ1n) is 8.62. The molecule has 0 fully saturated rings.